The molecule has 0 spiro atoms. The molecule has 1 rings (SSSR count). The second-order valence-corrected chi connectivity index (χ2v) is 4.05. The molecule has 0 aliphatic carbocycles. The lowest BCUT2D eigenvalue weighted by atomic mass is 10.2. The lowest BCUT2D eigenvalue weighted by Gasteiger charge is -2.20. The number of hydrogen-bond acceptors (Lipinski definition) is 2. The van der Waals surface area contributed by atoms with Crippen LogP contribution in [0.25, 0.3) is 0 Å². The zero-order valence-electron chi connectivity index (χ0n) is 6.99. The van der Waals surface area contributed by atoms with Crippen molar-refractivity contribution in [1.82, 2.24) is 4.90 Å². The standard InChI is InChI=1S/C8H10BrNO3/c1-5(9)4-10-6(8(12)13)2-3-7(10)11/h6H,1-4H2,(H,12,13). The lowest BCUT2D eigenvalue weighted by Crippen LogP contribution is -2.39. The number of halogens is 1. The van der Waals surface area contributed by atoms with Gasteiger partial charge in [-0.3, -0.25) is 4.79 Å². The zero-order chi connectivity index (χ0) is 10.0. The molecule has 0 radical (unpaired) electrons. The molecule has 1 amide bonds. The number of likely N-dealkylation sites (tertiary alicyclic amines) is 1. The van der Waals surface area contributed by atoms with Gasteiger partial charge in [-0.05, 0) is 6.42 Å². The molecule has 1 aliphatic heterocycles. The molecule has 72 valence electrons. The van der Waals surface area contributed by atoms with Crippen LogP contribution in [0.1, 0.15) is 12.8 Å². The SMILES string of the molecule is C=C(Br)CN1C(=O)CCC1C(=O)O. The summed E-state index contributed by atoms with van der Waals surface area (Å²) in [6.07, 6.45) is 0.714. The molecule has 13 heavy (non-hydrogen) atoms. The van der Waals surface area contributed by atoms with Crippen LogP contribution in [0.15, 0.2) is 11.1 Å². The van der Waals surface area contributed by atoms with Crippen LogP contribution in [-0.4, -0.2) is 34.5 Å². The van der Waals surface area contributed by atoms with Gasteiger partial charge in [-0.15, -0.1) is 0 Å². The maximum atomic E-state index is 11.2. The van der Waals surface area contributed by atoms with E-state index < -0.39 is 12.0 Å². The van der Waals surface area contributed by atoms with Crippen LogP contribution in [0, 0.1) is 0 Å². The second kappa shape index (κ2) is 3.91. The minimum Gasteiger partial charge on any atom is -0.480 e. The Hall–Kier alpha value is -0.840. The van der Waals surface area contributed by atoms with Gasteiger partial charge in [-0.2, -0.15) is 0 Å². The van der Waals surface area contributed by atoms with E-state index in [-0.39, 0.29) is 12.5 Å². The number of nitrogens with zero attached hydrogens (tertiary/aromatic N) is 1. The van der Waals surface area contributed by atoms with Gasteiger partial charge in [-0.1, -0.05) is 22.5 Å². The summed E-state index contributed by atoms with van der Waals surface area (Å²) in [5.74, 6) is -1.06. The first kappa shape index (κ1) is 10.2. The number of amides is 1. The molecule has 0 saturated carbocycles. The van der Waals surface area contributed by atoms with Crippen LogP contribution in [-0.2, 0) is 9.59 Å². The van der Waals surface area contributed by atoms with Crippen molar-refractivity contribution in [1.29, 1.82) is 0 Å². The number of carbonyl (C=O) groups excluding carboxylic acids is 1. The summed E-state index contributed by atoms with van der Waals surface area (Å²) in [5, 5.41) is 8.78. The van der Waals surface area contributed by atoms with Gasteiger partial charge in [0.2, 0.25) is 5.91 Å². The van der Waals surface area contributed by atoms with E-state index >= 15 is 0 Å². The maximum absolute atomic E-state index is 11.2. The molecule has 1 N–H and O–H groups in total. The topological polar surface area (TPSA) is 57.6 Å². The van der Waals surface area contributed by atoms with Crippen molar-refractivity contribution >= 4 is 27.8 Å². The largest absolute Gasteiger partial charge is 0.480 e. The Balaban J connectivity index is 2.71. The Morgan fingerprint density at radius 3 is 2.85 bits per heavy atom. The van der Waals surface area contributed by atoms with E-state index in [1.165, 1.54) is 4.90 Å². The van der Waals surface area contributed by atoms with Gasteiger partial charge >= 0.3 is 5.97 Å². The minimum atomic E-state index is -0.945. The van der Waals surface area contributed by atoms with Crippen LogP contribution < -0.4 is 0 Å². The Morgan fingerprint density at radius 2 is 2.38 bits per heavy atom. The van der Waals surface area contributed by atoms with Crippen LogP contribution in [0.4, 0.5) is 0 Å². The molecule has 0 aromatic carbocycles. The van der Waals surface area contributed by atoms with Gasteiger partial charge in [-0.25, -0.2) is 4.79 Å². The van der Waals surface area contributed by atoms with E-state index in [2.05, 4.69) is 22.5 Å². The highest BCUT2D eigenvalue weighted by atomic mass is 79.9. The highest BCUT2D eigenvalue weighted by molar-refractivity contribution is 9.11. The summed E-state index contributed by atoms with van der Waals surface area (Å²) in [4.78, 5) is 23.3. The fourth-order valence-electron chi connectivity index (χ4n) is 1.37. The Kier molecular flexibility index (Phi) is 3.08. The second-order valence-electron chi connectivity index (χ2n) is 2.93. The first-order chi connectivity index (χ1) is 6.02. The molecular weight excluding hydrogens is 238 g/mol. The third kappa shape index (κ3) is 2.30. The maximum Gasteiger partial charge on any atom is 0.326 e. The average Bonchev–Trinajstić information content (AvgIpc) is 2.32. The quantitative estimate of drug-likeness (QED) is 0.809. The first-order valence-electron chi connectivity index (χ1n) is 3.88. The van der Waals surface area contributed by atoms with Gasteiger partial charge in [0, 0.05) is 10.9 Å². The van der Waals surface area contributed by atoms with Gasteiger partial charge in [0.1, 0.15) is 6.04 Å². The van der Waals surface area contributed by atoms with Crippen molar-refractivity contribution in [3.63, 3.8) is 0 Å². The Bertz CT molecular complexity index is 264. The first-order valence-corrected chi connectivity index (χ1v) is 4.67. The average molecular weight is 248 g/mol. The Labute approximate surface area is 84.3 Å². The number of hydrogen-bond donors (Lipinski definition) is 1. The summed E-state index contributed by atoms with van der Waals surface area (Å²) >= 11 is 3.11. The van der Waals surface area contributed by atoms with Crippen molar-refractivity contribution < 1.29 is 14.7 Å². The minimum absolute atomic E-state index is 0.118. The molecule has 1 unspecified atom stereocenters. The monoisotopic (exact) mass is 247 g/mol. The van der Waals surface area contributed by atoms with E-state index in [1.54, 1.807) is 0 Å². The van der Waals surface area contributed by atoms with E-state index in [4.69, 9.17) is 5.11 Å². The van der Waals surface area contributed by atoms with Crippen molar-refractivity contribution in [3.05, 3.63) is 11.1 Å². The highest BCUT2D eigenvalue weighted by Crippen LogP contribution is 2.20. The molecule has 0 aromatic rings. The van der Waals surface area contributed by atoms with E-state index in [9.17, 15) is 9.59 Å². The van der Waals surface area contributed by atoms with Gasteiger partial charge in [0.15, 0.2) is 0 Å². The molecule has 1 heterocycles. The van der Waals surface area contributed by atoms with E-state index in [0.29, 0.717) is 17.3 Å². The van der Waals surface area contributed by atoms with Crippen LogP contribution >= 0.6 is 15.9 Å². The number of carbonyl (C=O) groups is 2. The third-order valence-electron chi connectivity index (χ3n) is 1.96. The summed E-state index contributed by atoms with van der Waals surface area (Å²) in [6, 6.07) is -0.679. The van der Waals surface area contributed by atoms with Gasteiger partial charge < -0.3 is 10.0 Å². The number of rotatable bonds is 3. The highest BCUT2D eigenvalue weighted by Gasteiger charge is 2.35. The third-order valence-corrected chi connectivity index (χ3v) is 2.21. The number of carboxylic acid groups (broad SMARTS) is 1. The Morgan fingerprint density at radius 1 is 1.77 bits per heavy atom. The summed E-state index contributed by atoms with van der Waals surface area (Å²) in [6.45, 7) is 3.85. The van der Waals surface area contributed by atoms with Crippen LogP contribution in [0.3, 0.4) is 0 Å². The van der Waals surface area contributed by atoms with E-state index in [0.717, 1.165) is 0 Å². The predicted octanol–water partition coefficient (Wildman–Crippen LogP) is 0.971. The smallest absolute Gasteiger partial charge is 0.326 e. The van der Waals surface area contributed by atoms with Gasteiger partial charge in [0.25, 0.3) is 0 Å². The molecule has 0 aromatic heterocycles. The molecule has 4 nitrogen and oxygen atoms in total. The summed E-state index contributed by atoms with van der Waals surface area (Å²) in [7, 11) is 0. The van der Waals surface area contributed by atoms with Crippen molar-refractivity contribution in [2.24, 2.45) is 0 Å². The molecular formula is C8H10BrNO3. The molecule has 1 aliphatic rings. The fourth-order valence-corrected chi connectivity index (χ4v) is 1.64. The lowest BCUT2D eigenvalue weighted by molar-refractivity contribution is -0.145. The predicted molar refractivity (Wildman–Crippen MR) is 50.4 cm³/mol. The van der Waals surface area contributed by atoms with Gasteiger partial charge in [0.05, 0.1) is 6.54 Å². The van der Waals surface area contributed by atoms with Crippen molar-refractivity contribution in [2.75, 3.05) is 6.54 Å². The normalized spacial score (nSPS) is 22.1. The fraction of sp³-hybridized carbons (Fsp3) is 0.500. The van der Waals surface area contributed by atoms with Crippen molar-refractivity contribution in [3.8, 4) is 0 Å². The molecule has 5 heteroatoms. The molecule has 1 saturated heterocycles. The zero-order valence-corrected chi connectivity index (χ0v) is 8.58. The number of aliphatic carboxylic acids is 1. The van der Waals surface area contributed by atoms with Crippen molar-refractivity contribution in [2.45, 2.75) is 18.9 Å². The molecule has 0 bridgehead atoms. The molecule has 1 atom stereocenters. The van der Waals surface area contributed by atoms with Crippen LogP contribution in [0.2, 0.25) is 0 Å². The number of carboxylic acids is 1. The summed E-state index contributed by atoms with van der Waals surface area (Å²) < 4.78 is 0.619. The van der Waals surface area contributed by atoms with Crippen LogP contribution in [0.5, 0.6) is 0 Å². The van der Waals surface area contributed by atoms with E-state index in [1.807, 2.05) is 0 Å². The summed E-state index contributed by atoms with van der Waals surface area (Å²) in [5.41, 5.74) is 0. The molecule has 1 fully saturated rings.